The summed E-state index contributed by atoms with van der Waals surface area (Å²) >= 11 is 0. The van der Waals surface area contributed by atoms with E-state index in [4.69, 9.17) is 0 Å². The molecular weight excluding hydrogens is 364 g/mol. The second-order valence-corrected chi connectivity index (χ2v) is 6.62. The number of rotatable bonds is 5. The number of carbonyl (C=O) groups excluding carboxylic acids is 1. The van der Waals surface area contributed by atoms with Crippen molar-refractivity contribution in [2.24, 2.45) is 0 Å². The van der Waals surface area contributed by atoms with Crippen LogP contribution in [0.4, 0.5) is 5.69 Å². The van der Waals surface area contributed by atoms with Crippen LogP contribution in [0.25, 0.3) is 17.5 Å². The number of nitrogens with one attached hydrogen (secondary N) is 1. The highest BCUT2D eigenvalue weighted by Gasteiger charge is 2.09. The third-order valence-electron chi connectivity index (χ3n) is 4.65. The summed E-state index contributed by atoms with van der Waals surface area (Å²) in [6.45, 7) is 4.11. The first-order chi connectivity index (χ1) is 14.1. The summed E-state index contributed by atoms with van der Waals surface area (Å²) in [6.07, 6.45) is 4.90. The van der Waals surface area contributed by atoms with Crippen LogP contribution in [0.2, 0.25) is 0 Å². The smallest absolute Gasteiger partial charge is 0.248 e. The summed E-state index contributed by atoms with van der Waals surface area (Å²) in [5.41, 5.74) is 5.84. The van der Waals surface area contributed by atoms with E-state index in [9.17, 15) is 4.79 Å². The maximum Gasteiger partial charge on any atom is 0.248 e. The van der Waals surface area contributed by atoms with Crippen molar-refractivity contribution in [1.82, 2.24) is 24.8 Å². The zero-order valence-electron chi connectivity index (χ0n) is 16.1. The average Bonchev–Trinajstić information content (AvgIpc) is 3.36. The molecule has 2 aromatic heterocycles. The first-order valence-electron chi connectivity index (χ1n) is 9.19. The van der Waals surface area contributed by atoms with Gasteiger partial charge in [0.25, 0.3) is 0 Å². The predicted octanol–water partition coefficient (Wildman–Crippen LogP) is 3.72. The van der Waals surface area contributed by atoms with Gasteiger partial charge in [-0.05, 0) is 78.4 Å². The number of nitrogens with zero attached hydrogens (tertiary/aromatic N) is 5. The Labute approximate surface area is 168 Å². The molecule has 0 aliphatic carbocycles. The number of hydrogen-bond acceptors (Lipinski definition) is 4. The molecule has 29 heavy (non-hydrogen) atoms. The van der Waals surface area contributed by atoms with Gasteiger partial charge in [0.1, 0.15) is 6.33 Å². The zero-order valence-corrected chi connectivity index (χ0v) is 16.1. The van der Waals surface area contributed by atoms with Gasteiger partial charge in [0.05, 0.1) is 5.69 Å². The maximum atomic E-state index is 12.3. The molecule has 4 aromatic rings. The zero-order chi connectivity index (χ0) is 20.2. The molecular formula is C22H20N6O. The molecule has 2 aromatic carbocycles. The predicted molar refractivity (Wildman–Crippen MR) is 112 cm³/mol. The Morgan fingerprint density at radius 3 is 2.45 bits per heavy atom. The Kier molecular flexibility index (Phi) is 5.03. The minimum absolute atomic E-state index is 0.190. The second-order valence-electron chi connectivity index (χ2n) is 6.62. The summed E-state index contributed by atoms with van der Waals surface area (Å²) in [7, 11) is 0. The number of aryl methyl sites for hydroxylation is 1. The van der Waals surface area contributed by atoms with E-state index in [0.717, 1.165) is 28.3 Å². The van der Waals surface area contributed by atoms with Gasteiger partial charge >= 0.3 is 0 Å². The average molecular weight is 384 g/mol. The Balaban J connectivity index is 1.46. The molecule has 1 amide bonds. The number of para-hydroxylation sites is 1. The summed E-state index contributed by atoms with van der Waals surface area (Å²) in [5.74, 6) is -0.190. The van der Waals surface area contributed by atoms with Gasteiger partial charge in [0.15, 0.2) is 0 Å². The van der Waals surface area contributed by atoms with Gasteiger partial charge < -0.3 is 9.88 Å². The Morgan fingerprint density at radius 2 is 1.76 bits per heavy atom. The van der Waals surface area contributed by atoms with Gasteiger partial charge in [-0.15, -0.1) is 5.10 Å². The quantitative estimate of drug-likeness (QED) is 0.532. The summed E-state index contributed by atoms with van der Waals surface area (Å²) in [4.78, 5) is 12.3. The fraction of sp³-hybridized carbons (Fsp3) is 0.0909. The number of aromatic nitrogens is 5. The van der Waals surface area contributed by atoms with Crippen LogP contribution in [-0.2, 0) is 4.79 Å². The Hall–Kier alpha value is -4.00. The number of carbonyl (C=O) groups is 1. The van der Waals surface area contributed by atoms with Crippen LogP contribution in [0.15, 0.2) is 73.1 Å². The van der Waals surface area contributed by atoms with Crippen molar-refractivity contribution >= 4 is 17.7 Å². The van der Waals surface area contributed by atoms with Crippen molar-refractivity contribution in [3.63, 3.8) is 0 Å². The van der Waals surface area contributed by atoms with E-state index >= 15 is 0 Å². The van der Waals surface area contributed by atoms with E-state index in [2.05, 4.69) is 57.5 Å². The van der Waals surface area contributed by atoms with Gasteiger partial charge in [0.2, 0.25) is 5.91 Å². The molecule has 7 nitrogen and oxygen atoms in total. The van der Waals surface area contributed by atoms with E-state index in [1.807, 2.05) is 48.5 Å². The number of benzene rings is 2. The second kappa shape index (κ2) is 7.93. The van der Waals surface area contributed by atoms with Crippen molar-refractivity contribution in [2.75, 3.05) is 5.32 Å². The normalized spacial score (nSPS) is 11.1. The summed E-state index contributed by atoms with van der Waals surface area (Å²) in [5, 5.41) is 13.9. The minimum Gasteiger partial charge on any atom is -0.323 e. The molecule has 0 aliphatic rings. The number of amides is 1. The molecule has 0 aliphatic heterocycles. The van der Waals surface area contributed by atoms with E-state index < -0.39 is 0 Å². The van der Waals surface area contributed by atoms with E-state index in [1.165, 1.54) is 6.33 Å². The molecule has 0 fully saturated rings. The molecule has 0 unspecified atom stereocenters. The fourth-order valence-corrected chi connectivity index (χ4v) is 3.26. The third-order valence-corrected chi connectivity index (χ3v) is 4.65. The SMILES string of the molecule is Cc1cc(/C=C/C(=O)Nc2ccc(-n3cnnn3)cc2)c(C)n1-c1ccccc1. The van der Waals surface area contributed by atoms with Crippen molar-refractivity contribution in [1.29, 1.82) is 0 Å². The molecule has 1 N–H and O–H groups in total. The van der Waals surface area contributed by atoms with Crippen molar-refractivity contribution < 1.29 is 4.79 Å². The highest BCUT2D eigenvalue weighted by Crippen LogP contribution is 2.21. The molecule has 0 atom stereocenters. The topological polar surface area (TPSA) is 77.6 Å². The van der Waals surface area contributed by atoms with Crippen molar-refractivity contribution in [3.8, 4) is 11.4 Å². The van der Waals surface area contributed by atoms with Gasteiger partial charge in [-0.2, -0.15) is 0 Å². The van der Waals surface area contributed by atoms with Gasteiger partial charge in [-0.3, -0.25) is 4.79 Å². The number of hydrogen-bond donors (Lipinski definition) is 1. The molecule has 2 heterocycles. The molecule has 144 valence electrons. The Morgan fingerprint density at radius 1 is 1.00 bits per heavy atom. The maximum absolute atomic E-state index is 12.3. The Bertz CT molecular complexity index is 1140. The van der Waals surface area contributed by atoms with Crippen LogP contribution in [0.5, 0.6) is 0 Å². The lowest BCUT2D eigenvalue weighted by Crippen LogP contribution is -2.07. The van der Waals surface area contributed by atoms with Crippen LogP contribution in [-0.4, -0.2) is 30.7 Å². The standard InChI is InChI=1S/C22H20N6O/c1-16-14-18(17(2)28(16)21-6-4-3-5-7-21)8-13-22(29)24-19-9-11-20(12-10-19)27-15-23-25-26-27/h3-15H,1-2H3,(H,24,29)/b13-8+. The lowest BCUT2D eigenvalue weighted by molar-refractivity contribution is -0.111. The van der Waals surface area contributed by atoms with Crippen molar-refractivity contribution in [2.45, 2.75) is 13.8 Å². The number of anilines is 1. The minimum atomic E-state index is -0.190. The van der Waals surface area contributed by atoms with Crippen molar-refractivity contribution in [3.05, 3.63) is 90.0 Å². The van der Waals surface area contributed by atoms with E-state index in [-0.39, 0.29) is 5.91 Å². The lowest BCUT2D eigenvalue weighted by Gasteiger charge is -2.09. The van der Waals surface area contributed by atoms with E-state index in [0.29, 0.717) is 5.69 Å². The molecule has 7 heteroatoms. The molecule has 0 saturated carbocycles. The molecule has 0 spiro atoms. The molecule has 0 bridgehead atoms. The van der Waals surface area contributed by atoms with Crippen LogP contribution < -0.4 is 5.32 Å². The van der Waals surface area contributed by atoms with Crippen LogP contribution in [0, 0.1) is 13.8 Å². The highest BCUT2D eigenvalue weighted by atomic mass is 16.1. The third kappa shape index (κ3) is 3.98. The molecule has 0 radical (unpaired) electrons. The van der Waals surface area contributed by atoms with Gasteiger partial charge in [-0.25, -0.2) is 4.68 Å². The monoisotopic (exact) mass is 384 g/mol. The first kappa shape index (κ1) is 18.4. The largest absolute Gasteiger partial charge is 0.323 e. The number of tetrazole rings is 1. The van der Waals surface area contributed by atoms with Crippen LogP contribution in [0.1, 0.15) is 17.0 Å². The lowest BCUT2D eigenvalue weighted by atomic mass is 10.2. The fourth-order valence-electron chi connectivity index (χ4n) is 3.26. The summed E-state index contributed by atoms with van der Waals surface area (Å²) in [6, 6.07) is 19.5. The van der Waals surface area contributed by atoms with Gasteiger partial charge in [-0.1, -0.05) is 18.2 Å². The highest BCUT2D eigenvalue weighted by molar-refractivity contribution is 6.02. The van der Waals surface area contributed by atoms with Gasteiger partial charge in [0, 0.05) is 28.8 Å². The first-order valence-corrected chi connectivity index (χ1v) is 9.19. The molecule has 0 saturated heterocycles. The van der Waals surface area contributed by atoms with Crippen LogP contribution >= 0.6 is 0 Å². The van der Waals surface area contributed by atoms with E-state index in [1.54, 1.807) is 10.8 Å². The summed E-state index contributed by atoms with van der Waals surface area (Å²) < 4.78 is 3.73. The molecule has 4 rings (SSSR count). The van der Waals surface area contributed by atoms with Crippen LogP contribution in [0.3, 0.4) is 0 Å².